The van der Waals surface area contributed by atoms with Gasteiger partial charge in [-0.3, -0.25) is 4.79 Å². The molecule has 3 saturated heterocycles. The highest BCUT2D eigenvalue weighted by Crippen LogP contribution is 2.33. The molecule has 3 rings (SSSR count). The molecule has 3 aliphatic heterocycles. The third-order valence-electron chi connectivity index (χ3n) is 19.9. The van der Waals surface area contributed by atoms with E-state index in [1.165, 1.54) is 186 Å². The quantitative estimate of drug-likeness (QED) is 0.0199. The van der Waals surface area contributed by atoms with E-state index in [0.29, 0.717) is 12.8 Å². The summed E-state index contributed by atoms with van der Waals surface area (Å²) >= 11 is 0. The Labute approximate surface area is 616 Å². The van der Waals surface area contributed by atoms with Crippen LogP contribution < -0.4 is 5.32 Å². The molecule has 17 atom stereocenters. The van der Waals surface area contributed by atoms with Crippen molar-refractivity contribution in [1.82, 2.24) is 5.32 Å². The van der Waals surface area contributed by atoms with Crippen LogP contribution >= 0.6 is 0 Å². The number of amides is 1. The van der Waals surface area contributed by atoms with E-state index in [4.69, 9.17) is 28.4 Å². The van der Waals surface area contributed by atoms with Crippen molar-refractivity contribution >= 4 is 5.91 Å². The second-order valence-corrected chi connectivity index (χ2v) is 28.8. The molecule has 1 amide bonds. The van der Waals surface area contributed by atoms with E-state index in [9.17, 15) is 61.0 Å². The highest BCUT2D eigenvalue weighted by atomic mass is 16.8. The fourth-order valence-corrected chi connectivity index (χ4v) is 13.4. The third-order valence-corrected chi connectivity index (χ3v) is 19.9. The van der Waals surface area contributed by atoms with Gasteiger partial charge in [0.2, 0.25) is 5.91 Å². The van der Waals surface area contributed by atoms with E-state index in [1.54, 1.807) is 6.08 Å². The number of hydrogen-bond acceptors (Lipinski definition) is 18. The average molecular weight is 1450 g/mol. The molecule has 0 aromatic heterocycles. The van der Waals surface area contributed by atoms with Crippen LogP contribution in [0, 0.1) is 0 Å². The molecule has 0 radical (unpaired) electrons. The lowest BCUT2D eigenvalue weighted by atomic mass is 9.96. The van der Waals surface area contributed by atoms with E-state index in [0.717, 1.165) is 83.5 Å². The van der Waals surface area contributed by atoms with Gasteiger partial charge in [0.05, 0.1) is 38.6 Å². The minimum absolute atomic E-state index is 0.225. The number of allylic oxidation sites excluding steroid dienone is 13. The van der Waals surface area contributed by atoms with Gasteiger partial charge in [-0.15, -0.1) is 0 Å². The van der Waals surface area contributed by atoms with Crippen molar-refractivity contribution < 1.29 is 89.4 Å². The summed E-state index contributed by atoms with van der Waals surface area (Å²) in [5.74, 6) is -0.292. The number of aliphatic hydroxyl groups is 11. The molecule has 3 heterocycles. The molecule has 0 spiro atoms. The van der Waals surface area contributed by atoms with Gasteiger partial charge in [0.15, 0.2) is 18.9 Å². The summed E-state index contributed by atoms with van der Waals surface area (Å²) < 4.78 is 34.4. The molecule has 19 heteroatoms. The van der Waals surface area contributed by atoms with Crippen molar-refractivity contribution in [2.75, 3.05) is 26.4 Å². The van der Waals surface area contributed by atoms with Gasteiger partial charge in [-0.2, -0.15) is 0 Å². The first kappa shape index (κ1) is 93.2. The van der Waals surface area contributed by atoms with Gasteiger partial charge >= 0.3 is 0 Å². The van der Waals surface area contributed by atoms with Crippen LogP contribution in [0.5, 0.6) is 0 Å². The van der Waals surface area contributed by atoms with Crippen LogP contribution in [0.4, 0.5) is 0 Å². The van der Waals surface area contributed by atoms with Gasteiger partial charge in [-0.25, -0.2) is 0 Å². The second kappa shape index (κ2) is 63.0. The van der Waals surface area contributed by atoms with Gasteiger partial charge in [-0.05, 0) is 83.5 Å². The summed E-state index contributed by atoms with van der Waals surface area (Å²) in [5.41, 5.74) is 0. The van der Waals surface area contributed by atoms with E-state index < -0.39 is 124 Å². The van der Waals surface area contributed by atoms with Crippen LogP contribution in [0.25, 0.3) is 0 Å². The summed E-state index contributed by atoms with van der Waals surface area (Å²) in [4.78, 5) is 13.5. The molecule has 0 saturated carbocycles. The molecule has 0 aromatic carbocycles. The normalized spacial score (nSPS) is 26.6. The Morgan fingerprint density at radius 1 is 0.363 bits per heavy atom. The maximum absolute atomic E-state index is 13.5. The first-order chi connectivity index (χ1) is 49.8. The maximum atomic E-state index is 13.5. The SMILES string of the molecule is CC/C=C\C/C=C\C/C=C\C/C=C\CCCCCCCCCCCCCCC(=O)NC(COC1OC(CO)C(OC2OC(CO)C(OC3OC(CO)C(O)C(O)C3O)C(O)C2O)C(O)C1O)C(O)/C=C/CC/C=C/CC/C=C/CCCCCCCCCCCCCCCCCCCCCCCC. The summed E-state index contributed by atoms with van der Waals surface area (Å²) in [6.07, 6.45) is 57.2. The number of carbonyl (C=O) groups excluding carboxylic acids is 1. The summed E-state index contributed by atoms with van der Waals surface area (Å²) in [6, 6.07) is -1.00. The van der Waals surface area contributed by atoms with Gasteiger partial charge in [0.1, 0.15) is 73.2 Å². The Hall–Kier alpha value is -3.03. The van der Waals surface area contributed by atoms with Crippen LogP contribution in [-0.2, 0) is 33.2 Å². The Morgan fingerprint density at radius 2 is 0.686 bits per heavy atom. The largest absolute Gasteiger partial charge is 0.394 e. The Morgan fingerprint density at radius 3 is 1.10 bits per heavy atom. The van der Waals surface area contributed by atoms with E-state index in [-0.39, 0.29) is 18.9 Å². The van der Waals surface area contributed by atoms with Gasteiger partial charge in [0, 0.05) is 6.42 Å². The molecular formula is C83H147NO18. The minimum Gasteiger partial charge on any atom is -0.394 e. The maximum Gasteiger partial charge on any atom is 0.220 e. The van der Waals surface area contributed by atoms with Crippen LogP contribution in [-0.4, -0.2) is 193 Å². The number of rotatable bonds is 64. The topological polar surface area (TPSA) is 307 Å². The van der Waals surface area contributed by atoms with Crippen LogP contribution in [0.3, 0.4) is 0 Å². The number of unbranched alkanes of at least 4 members (excludes halogenated alkanes) is 36. The van der Waals surface area contributed by atoms with E-state index in [1.807, 2.05) is 6.08 Å². The Kier molecular flexibility index (Phi) is 57.5. The first-order valence-corrected chi connectivity index (χ1v) is 40.8. The minimum atomic E-state index is -1.99. The molecule has 3 aliphatic rings. The molecule has 592 valence electrons. The van der Waals surface area contributed by atoms with E-state index >= 15 is 0 Å². The smallest absolute Gasteiger partial charge is 0.220 e. The van der Waals surface area contributed by atoms with Gasteiger partial charge < -0.3 is 89.9 Å². The van der Waals surface area contributed by atoms with Crippen LogP contribution in [0.15, 0.2) is 85.1 Å². The Bertz CT molecular complexity index is 2170. The fourth-order valence-electron chi connectivity index (χ4n) is 13.4. The van der Waals surface area contributed by atoms with Gasteiger partial charge in [-0.1, -0.05) is 298 Å². The average Bonchev–Trinajstić information content (AvgIpc) is 0.781. The van der Waals surface area contributed by atoms with Crippen molar-refractivity contribution in [3.05, 3.63) is 85.1 Å². The van der Waals surface area contributed by atoms with Crippen molar-refractivity contribution in [2.45, 2.75) is 407 Å². The standard InChI is InChI=1S/C83H147NO18/c1-3-5-7-9-11-13-15-17-19-21-23-25-27-29-30-31-32-33-34-35-37-38-40-42-44-46-48-50-52-54-56-58-60-67(88)66(84-71(89)61-59-57-55-53-51-49-47-45-43-41-39-36-28-26-24-22-20-18-16-14-12-10-8-6-4-2)65-97-81-77(95)74(92)79(69(63-86)99-81)102-83-78(96)75(93)80(70(64-87)100-83)101-82-76(94)73(91)72(90)68(62-85)98-82/h6,8,12,14,18,20,24,26,42,44,50,52,58,60,66-70,72-83,85-88,90-96H,3-5,7,9-11,13,15-17,19,21-23,25,27-41,43,45-49,51,53-57,59,61-65H2,1-2H3,(H,84,89)/b8-6-,14-12-,20-18-,26-24-,44-42+,52-50+,60-58+. The van der Waals surface area contributed by atoms with Crippen LogP contribution in [0.1, 0.15) is 303 Å². The predicted octanol–water partition coefficient (Wildman–Crippen LogP) is 13.8. The van der Waals surface area contributed by atoms with Crippen molar-refractivity contribution in [2.24, 2.45) is 0 Å². The predicted molar refractivity (Wildman–Crippen MR) is 406 cm³/mol. The molecule has 0 aliphatic carbocycles. The summed E-state index contributed by atoms with van der Waals surface area (Å²) in [5, 5.41) is 121. The van der Waals surface area contributed by atoms with Crippen molar-refractivity contribution in [3.8, 4) is 0 Å². The fraction of sp³-hybridized carbons (Fsp3) is 0.819. The zero-order valence-corrected chi connectivity index (χ0v) is 63.3. The molecule has 12 N–H and O–H groups in total. The number of nitrogens with one attached hydrogen (secondary N) is 1. The molecular weight excluding hydrogens is 1300 g/mol. The van der Waals surface area contributed by atoms with Crippen molar-refractivity contribution in [1.29, 1.82) is 0 Å². The van der Waals surface area contributed by atoms with Crippen LogP contribution in [0.2, 0.25) is 0 Å². The molecule has 3 fully saturated rings. The molecule has 102 heavy (non-hydrogen) atoms. The molecule has 0 aromatic rings. The monoisotopic (exact) mass is 1450 g/mol. The van der Waals surface area contributed by atoms with Crippen molar-refractivity contribution in [3.63, 3.8) is 0 Å². The van der Waals surface area contributed by atoms with Gasteiger partial charge in [0.25, 0.3) is 0 Å². The molecule has 19 nitrogen and oxygen atoms in total. The number of aliphatic hydroxyl groups excluding tert-OH is 11. The molecule has 0 bridgehead atoms. The molecule has 17 unspecified atom stereocenters. The lowest BCUT2D eigenvalue weighted by Crippen LogP contribution is -2.66. The highest BCUT2D eigenvalue weighted by Gasteiger charge is 2.54. The number of ether oxygens (including phenoxy) is 6. The highest BCUT2D eigenvalue weighted by molar-refractivity contribution is 5.76. The van der Waals surface area contributed by atoms with E-state index in [2.05, 4.69) is 92.1 Å². The third kappa shape index (κ3) is 42.5. The number of carbonyl (C=O) groups is 1. The lowest BCUT2D eigenvalue weighted by Gasteiger charge is -2.48. The first-order valence-electron chi connectivity index (χ1n) is 40.8. The number of hydrogen-bond donors (Lipinski definition) is 12. The second-order valence-electron chi connectivity index (χ2n) is 28.8. The summed E-state index contributed by atoms with van der Waals surface area (Å²) in [6.45, 7) is 1.62. The summed E-state index contributed by atoms with van der Waals surface area (Å²) in [7, 11) is 0. The zero-order chi connectivity index (χ0) is 73.9. The lowest BCUT2D eigenvalue weighted by molar-refractivity contribution is -0.379. The zero-order valence-electron chi connectivity index (χ0n) is 63.3. The Balaban J connectivity index is 1.39.